The Kier molecular flexibility index (Phi) is 5.08. The number of amides is 1. The molecule has 126 valence electrons. The molecule has 1 amide bonds. The normalized spacial score (nSPS) is 14.0. The number of hydrogen-bond donors (Lipinski definition) is 0. The average Bonchev–Trinajstić information content (AvgIpc) is 3.13. The molecule has 1 fully saturated rings. The quantitative estimate of drug-likeness (QED) is 0.843. The van der Waals surface area contributed by atoms with Crippen LogP contribution in [-0.4, -0.2) is 35.4 Å². The number of carbonyl (C=O) groups is 1. The molecule has 0 unspecified atom stereocenters. The predicted octanol–water partition coefficient (Wildman–Crippen LogP) is 3.48. The van der Waals surface area contributed by atoms with Crippen molar-refractivity contribution in [2.24, 2.45) is 0 Å². The lowest BCUT2D eigenvalue weighted by Gasteiger charge is -2.25. The summed E-state index contributed by atoms with van der Waals surface area (Å²) in [7, 11) is 0. The SMILES string of the molecule is CCN(Cc1cccc(F)c1)C(=O)c1cccnc1N1CCCC1. The van der Waals surface area contributed by atoms with E-state index in [9.17, 15) is 9.18 Å². The van der Waals surface area contributed by atoms with Crippen LogP contribution in [0.2, 0.25) is 0 Å². The van der Waals surface area contributed by atoms with Crippen molar-refractivity contribution in [3.8, 4) is 0 Å². The van der Waals surface area contributed by atoms with Gasteiger partial charge in [0.1, 0.15) is 11.6 Å². The Hall–Kier alpha value is -2.43. The third kappa shape index (κ3) is 3.55. The van der Waals surface area contributed by atoms with Gasteiger partial charge in [-0.1, -0.05) is 12.1 Å². The van der Waals surface area contributed by atoms with Crippen LogP contribution in [-0.2, 0) is 6.54 Å². The molecule has 0 spiro atoms. The molecular formula is C19H22FN3O. The van der Waals surface area contributed by atoms with Gasteiger partial charge in [0, 0.05) is 32.4 Å². The minimum atomic E-state index is -0.282. The zero-order chi connectivity index (χ0) is 16.9. The van der Waals surface area contributed by atoms with Crippen molar-refractivity contribution in [3.05, 3.63) is 59.5 Å². The first kappa shape index (κ1) is 16.4. The number of pyridine rings is 1. The maximum atomic E-state index is 13.4. The molecule has 24 heavy (non-hydrogen) atoms. The Labute approximate surface area is 141 Å². The van der Waals surface area contributed by atoms with Crippen molar-refractivity contribution in [2.45, 2.75) is 26.3 Å². The zero-order valence-corrected chi connectivity index (χ0v) is 13.9. The van der Waals surface area contributed by atoms with Crippen LogP contribution in [0.1, 0.15) is 35.7 Å². The van der Waals surface area contributed by atoms with Crippen LogP contribution >= 0.6 is 0 Å². The van der Waals surface area contributed by atoms with E-state index in [1.807, 2.05) is 19.1 Å². The number of halogens is 1. The summed E-state index contributed by atoms with van der Waals surface area (Å²) in [4.78, 5) is 21.3. The Morgan fingerprint density at radius 2 is 2.04 bits per heavy atom. The molecule has 0 atom stereocenters. The summed E-state index contributed by atoms with van der Waals surface area (Å²) >= 11 is 0. The van der Waals surface area contributed by atoms with Crippen LogP contribution in [0.4, 0.5) is 10.2 Å². The molecule has 4 nitrogen and oxygen atoms in total. The van der Waals surface area contributed by atoms with Gasteiger partial charge in [0.05, 0.1) is 5.56 Å². The number of nitrogens with zero attached hydrogens (tertiary/aromatic N) is 3. The number of anilines is 1. The Balaban J connectivity index is 1.84. The van der Waals surface area contributed by atoms with Crippen LogP contribution in [0, 0.1) is 5.82 Å². The molecule has 0 N–H and O–H groups in total. The highest BCUT2D eigenvalue weighted by Gasteiger charge is 2.23. The lowest BCUT2D eigenvalue weighted by Crippen LogP contribution is -2.32. The molecule has 2 heterocycles. The lowest BCUT2D eigenvalue weighted by molar-refractivity contribution is 0.0752. The molecule has 0 aliphatic carbocycles. The standard InChI is InChI=1S/C19H22FN3O/c1-2-22(14-15-7-5-8-16(20)13-15)19(24)17-9-6-10-21-18(17)23-11-3-4-12-23/h5-10,13H,2-4,11-12,14H2,1H3. The van der Waals surface area contributed by atoms with Gasteiger partial charge in [-0.25, -0.2) is 9.37 Å². The highest BCUT2D eigenvalue weighted by Crippen LogP contribution is 2.23. The number of hydrogen-bond acceptors (Lipinski definition) is 3. The third-order valence-corrected chi connectivity index (χ3v) is 4.35. The van der Waals surface area contributed by atoms with Crippen molar-refractivity contribution in [1.82, 2.24) is 9.88 Å². The molecule has 1 aliphatic rings. The second-order valence-electron chi connectivity index (χ2n) is 6.02. The predicted molar refractivity (Wildman–Crippen MR) is 92.5 cm³/mol. The number of benzene rings is 1. The molecule has 0 radical (unpaired) electrons. The zero-order valence-electron chi connectivity index (χ0n) is 13.9. The van der Waals surface area contributed by atoms with Crippen molar-refractivity contribution in [3.63, 3.8) is 0 Å². The first-order chi connectivity index (χ1) is 11.7. The fraction of sp³-hybridized carbons (Fsp3) is 0.368. The van der Waals surface area contributed by atoms with E-state index in [0.29, 0.717) is 18.7 Å². The minimum Gasteiger partial charge on any atom is -0.356 e. The molecule has 2 aromatic rings. The molecule has 0 saturated carbocycles. The fourth-order valence-electron chi connectivity index (χ4n) is 3.10. The van der Waals surface area contributed by atoms with E-state index in [2.05, 4.69) is 9.88 Å². The molecule has 1 aromatic carbocycles. The first-order valence-electron chi connectivity index (χ1n) is 8.42. The van der Waals surface area contributed by atoms with Gasteiger partial charge in [0.15, 0.2) is 0 Å². The largest absolute Gasteiger partial charge is 0.356 e. The summed E-state index contributed by atoms with van der Waals surface area (Å²) in [6.07, 6.45) is 3.99. The van der Waals surface area contributed by atoms with E-state index in [4.69, 9.17) is 0 Å². The second kappa shape index (κ2) is 7.43. The molecule has 3 rings (SSSR count). The summed E-state index contributed by atoms with van der Waals surface area (Å²) in [6.45, 7) is 4.76. The topological polar surface area (TPSA) is 36.4 Å². The van der Waals surface area contributed by atoms with Crippen LogP contribution in [0.25, 0.3) is 0 Å². The summed E-state index contributed by atoms with van der Waals surface area (Å²) < 4.78 is 13.4. The molecule has 5 heteroatoms. The van der Waals surface area contributed by atoms with E-state index in [1.165, 1.54) is 12.1 Å². The summed E-state index contributed by atoms with van der Waals surface area (Å²) in [5.74, 6) is 0.421. The van der Waals surface area contributed by atoms with E-state index < -0.39 is 0 Å². The van der Waals surface area contributed by atoms with Crippen molar-refractivity contribution in [1.29, 1.82) is 0 Å². The Morgan fingerprint density at radius 3 is 2.75 bits per heavy atom. The summed E-state index contributed by atoms with van der Waals surface area (Å²) in [5.41, 5.74) is 1.41. The van der Waals surface area contributed by atoms with E-state index in [-0.39, 0.29) is 11.7 Å². The van der Waals surface area contributed by atoms with Gasteiger partial charge >= 0.3 is 0 Å². The van der Waals surface area contributed by atoms with Crippen molar-refractivity contribution >= 4 is 11.7 Å². The van der Waals surface area contributed by atoms with E-state index in [1.54, 1.807) is 23.2 Å². The molecule has 1 aromatic heterocycles. The highest BCUT2D eigenvalue weighted by molar-refractivity contribution is 5.98. The number of aromatic nitrogens is 1. The average molecular weight is 327 g/mol. The van der Waals surface area contributed by atoms with Gasteiger partial charge < -0.3 is 9.80 Å². The van der Waals surface area contributed by atoms with Gasteiger partial charge in [-0.15, -0.1) is 0 Å². The Morgan fingerprint density at radius 1 is 1.25 bits per heavy atom. The van der Waals surface area contributed by atoms with E-state index in [0.717, 1.165) is 37.3 Å². The van der Waals surface area contributed by atoms with Crippen molar-refractivity contribution < 1.29 is 9.18 Å². The molecule has 0 bridgehead atoms. The fourth-order valence-corrected chi connectivity index (χ4v) is 3.10. The van der Waals surface area contributed by atoms with Crippen LogP contribution in [0.15, 0.2) is 42.6 Å². The third-order valence-electron chi connectivity index (χ3n) is 4.35. The maximum absolute atomic E-state index is 13.4. The second-order valence-corrected chi connectivity index (χ2v) is 6.02. The molecule has 1 saturated heterocycles. The van der Waals surface area contributed by atoms with Gasteiger partial charge in [-0.2, -0.15) is 0 Å². The van der Waals surface area contributed by atoms with Gasteiger partial charge in [-0.05, 0) is 49.6 Å². The van der Waals surface area contributed by atoms with Gasteiger partial charge in [0.2, 0.25) is 0 Å². The first-order valence-corrected chi connectivity index (χ1v) is 8.42. The van der Waals surface area contributed by atoms with Crippen LogP contribution < -0.4 is 4.90 Å². The van der Waals surface area contributed by atoms with Crippen LogP contribution in [0.5, 0.6) is 0 Å². The van der Waals surface area contributed by atoms with Gasteiger partial charge in [0.25, 0.3) is 5.91 Å². The van der Waals surface area contributed by atoms with Crippen molar-refractivity contribution in [2.75, 3.05) is 24.5 Å². The minimum absolute atomic E-state index is 0.0586. The molecule has 1 aliphatic heterocycles. The van der Waals surface area contributed by atoms with E-state index >= 15 is 0 Å². The van der Waals surface area contributed by atoms with Gasteiger partial charge in [-0.3, -0.25) is 4.79 Å². The maximum Gasteiger partial charge on any atom is 0.257 e. The lowest BCUT2D eigenvalue weighted by atomic mass is 10.1. The summed E-state index contributed by atoms with van der Waals surface area (Å²) in [6, 6.07) is 10.0. The Bertz CT molecular complexity index is 713. The monoisotopic (exact) mass is 327 g/mol. The summed E-state index contributed by atoms with van der Waals surface area (Å²) in [5, 5.41) is 0. The smallest absolute Gasteiger partial charge is 0.257 e. The van der Waals surface area contributed by atoms with Crippen LogP contribution in [0.3, 0.4) is 0 Å². The number of rotatable bonds is 5. The highest BCUT2D eigenvalue weighted by atomic mass is 19.1. The number of carbonyl (C=O) groups excluding carboxylic acids is 1. The molecular weight excluding hydrogens is 305 g/mol.